The topological polar surface area (TPSA) is 118 Å². The highest BCUT2D eigenvalue weighted by atomic mass is 32.2. The summed E-state index contributed by atoms with van der Waals surface area (Å²) in [7, 11) is -1.39. The number of alkyl halides is 3. The van der Waals surface area contributed by atoms with Crippen LogP contribution >= 0.6 is 0 Å². The fraction of sp³-hybridized carbons (Fsp3) is 0.500. The summed E-state index contributed by atoms with van der Waals surface area (Å²) >= 11 is 0. The van der Waals surface area contributed by atoms with E-state index in [-0.39, 0.29) is 24.6 Å². The van der Waals surface area contributed by atoms with Crippen molar-refractivity contribution in [2.45, 2.75) is 63.3 Å². The molecule has 1 N–H and O–H groups in total. The van der Waals surface area contributed by atoms with E-state index < -0.39 is 44.0 Å². The van der Waals surface area contributed by atoms with Gasteiger partial charge in [-0.1, -0.05) is 24.3 Å². The molecule has 0 saturated heterocycles. The first kappa shape index (κ1) is 34.8. The van der Waals surface area contributed by atoms with Gasteiger partial charge in [0, 0.05) is 25.6 Å². The van der Waals surface area contributed by atoms with Gasteiger partial charge in [-0.2, -0.15) is 13.2 Å². The fourth-order valence-corrected chi connectivity index (χ4v) is 5.79. The number of aliphatic imine (C=N–C) groups is 1. The number of carbonyl (C=O) groups is 2. The molecule has 1 heterocycles. The summed E-state index contributed by atoms with van der Waals surface area (Å²) in [6.07, 6.45) is -4.17. The molecule has 0 unspecified atom stereocenters. The van der Waals surface area contributed by atoms with Gasteiger partial charge in [-0.25, -0.2) is 13.2 Å². The molecule has 0 bridgehead atoms. The molecule has 10 nitrogen and oxygen atoms in total. The molecule has 0 saturated carbocycles. The standard InChI is InChI=1S/C30H39F3N4O6S/c1-29(2,3)43-28(39)37-17-16-35-27(37)22-11-9-21(10-12-22)19-36(4)26(38)8-6-7-15-34-20-44(40,41)25-14-13-23(42-5)18-24(25)30(31,32)33/h9-14,18,34H,6-8,15-17,19-20H2,1-5H3. The second-order valence-corrected chi connectivity index (χ2v) is 13.3. The van der Waals surface area contributed by atoms with Gasteiger partial charge in [0.05, 0.1) is 30.7 Å². The van der Waals surface area contributed by atoms with Crippen molar-refractivity contribution in [2.24, 2.45) is 4.99 Å². The van der Waals surface area contributed by atoms with Crippen LogP contribution in [0.2, 0.25) is 0 Å². The van der Waals surface area contributed by atoms with Crippen LogP contribution in [0.15, 0.2) is 52.4 Å². The van der Waals surface area contributed by atoms with Crippen LogP contribution in [-0.2, 0) is 32.1 Å². The number of amides is 2. The molecular formula is C30H39F3N4O6S. The van der Waals surface area contributed by atoms with Gasteiger partial charge >= 0.3 is 12.3 Å². The van der Waals surface area contributed by atoms with Crippen molar-refractivity contribution in [2.75, 3.05) is 39.7 Å². The summed E-state index contributed by atoms with van der Waals surface area (Å²) in [4.78, 5) is 31.9. The van der Waals surface area contributed by atoms with Crippen LogP contribution in [0, 0.1) is 0 Å². The monoisotopic (exact) mass is 640 g/mol. The molecule has 0 aromatic heterocycles. The molecule has 3 rings (SSSR count). The molecular weight excluding hydrogens is 601 g/mol. The number of ether oxygens (including phenoxy) is 2. The molecule has 2 aromatic carbocycles. The van der Waals surface area contributed by atoms with E-state index in [1.165, 1.54) is 18.1 Å². The zero-order valence-corrected chi connectivity index (χ0v) is 26.3. The van der Waals surface area contributed by atoms with E-state index in [4.69, 9.17) is 9.47 Å². The molecule has 0 radical (unpaired) electrons. The highest BCUT2D eigenvalue weighted by molar-refractivity contribution is 7.91. The van der Waals surface area contributed by atoms with Gasteiger partial charge in [0.2, 0.25) is 5.91 Å². The van der Waals surface area contributed by atoms with Crippen LogP contribution in [0.3, 0.4) is 0 Å². The first-order chi connectivity index (χ1) is 20.5. The van der Waals surface area contributed by atoms with Crippen molar-refractivity contribution in [3.05, 3.63) is 59.2 Å². The third-order valence-corrected chi connectivity index (χ3v) is 8.24. The van der Waals surface area contributed by atoms with Crippen LogP contribution in [0.4, 0.5) is 18.0 Å². The normalized spacial score (nSPS) is 13.9. The zero-order valence-electron chi connectivity index (χ0n) is 25.5. The summed E-state index contributed by atoms with van der Waals surface area (Å²) in [5.74, 6) is -0.331. The van der Waals surface area contributed by atoms with E-state index in [0.717, 1.165) is 17.2 Å². The summed E-state index contributed by atoms with van der Waals surface area (Å²) < 4.78 is 75.8. The third-order valence-electron chi connectivity index (χ3n) is 6.63. The van der Waals surface area contributed by atoms with Gasteiger partial charge < -0.3 is 19.7 Å². The smallest absolute Gasteiger partial charge is 0.417 e. The van der Waals surface area contributed by atoms with Gasteiger partial charge in [0.25, 0.3) is 0 Å². The quantitative estimate of drug-likeness (QED) is 0.330. The average Bonchev–Trinajstić information content (AvgIpc) is 3.44. The molecule has 2 aromatic rings. The molecule has 2 amide bonds. The second-order valence-electron chi connectivity index (χ2n) is 11.4. The summed E-state index contributed by atoms with van der Waals surface area (Å²) in [5, 5.41) is 2.67. The fourth-order valence-electron chi connectivity index (χ4n) is 4.44. The van der Waals surface area contributed by atoms with Gasteiger partial charge in [0.15, 0.2) is 9.84 Å². The molecule has 242 valence electrons. The molecule has 14 heteroatoms. The Labute approximate surface area is 256 Å². The van der Waals surface area contributed by atoms with Crippen molar-refractivity contribution in [1.82, 2.24) is 15.1 Å². The third kappa shape index (κ3) is 9.68. The molecule has 0 fully saturated rings. The minimum Gasteiger partial charge on any atom is -0.497 e. The highest BCUT2D eigenvalue weighted by Crippen LogP contribution is 2.36. The number of nitrogens with zero attached hydrogens (tertiary/aromatic N) is 3. The minimum absolute atomic E-state index is 0.0958. The van der Waals surface area contributed by atoms with Crippen LogP contribution in [0.1, 0.15) is 56.7 Å². The van der Waals surface area contributed by atoms with Crippen LogP contribution in [0.25, 0.3) is 0 Å². The summed E-state index contributed by atoms with van der Waals surface area (Å²) in [6.45, 7) is 6.91. The van der Waals surface area contributed by atoms with E-state index in [0.29, 0.717) is 44.4 Å². The Morgan fingerprint density at radius 2 is 1.75 bits per heavy atom. The SMILES string of the molecule is COc1ccc(S(=O)(=O)CNCCCCC(=O)N(C)Cc2ccc(C3=NCCN3C(=O)OC(C)(C)C)cc2)c(C(F)(F)F)c1. The van der Waals surface area contributed by atoms with Gasteiger partial charge in [-0.15, -0.1) is 0 Å². The Bertz CT molecular complexity index is 1450. The number of halogens is 3. The Morgan fingerprint density at radius 1 is 1.07 bits per heavy atom. The highest BCUT2D eigenvalue weighted by Gasteiger charge is 2.37. The molecule has 0 spiro atoms. The molecule has 1 aliphatic heterocycles. The van der Waals surface area contributed by atoms with Crippen molar-refractivity contribution >= 4 is 27.7 Å². The molecule has 0 aliphatic carbocycles. The van der Waals surface area contributed by atoms with Crippen molar-refractivity contribution < 1.29 is 40.7 Å². The lowest BCUT2D eigenvalue weighted by molar-refractivity contribution is -0.140. The van der Waals surface area contributed by atoms with E-state index in [1.54, 1.807) is 32.7 Å². The maximum absolute atomic E-state index is 13.4. The van der Waals surface area contributed by atoms with E-state index in [1.807, 2.05) is 24.3 Å². The Balaban J connectivity index is 1.44. The average molecular weight is 641 g/mol. The first-order valence-corrected chi connectivity index (χ1v) is 15.7. The van der Waals surface area contributed by atoms with Crippen molar-refractivity contribution in [3.8, 4) is 5.75 Å². The number of benzene rings is 2. The van der Waals surface area contributed by atoms with Crippen LogP contribution in [-0.4, -0.2) is 81.3 Å². The second kappa shape index (κ2) is 14.4. The predicted molar refractivity (Wildman–Crippen MR) is 159 cm³/mol. The molecule has 44 heavy (non-hydrogen) atoms. The molecule has 1 aliphatic rings. The van der Waals surface area contributed by atoms with Gasteiger partial charge in [0.1, 0.15) is 23.1 Å². The minimum atomic E-state index is -4.86. The number of hydrogen-bond donors (Lipinski definition) is 1. The maximum Gasteiger partial charge on any atom is 0.417 e. The van der Waals surface area contributed by atoms with Gasteiger partial charge in [-0.05, 0) is 63.9 Å². The molecule has 0 atom stereocenters. The lowest BCUT2D eigenvalue weighted by Gasteiger charge is -2.25. The van der Waals surface area contributed by atoms with E-state index >= 15 is 0 Å². The number of carbonyl (C=O) groups excluding carboxylic acids is 2. The van der Waals surface area contributed by atoms with Crippen LogP contribution in [0.5, 0.6) is 5.75 Å². The summed E-state index contributed by atoms with van der Waals surface area (Å²) in [5.41, 5.74) is -0.250. The van der Waals surface area contributed by atoms with Crippen molar-refractivity contribution in [3.63, 3.8) is 0 Å². The lowest BCUT2D eigenvalue weighted by atomic mass is 10.1. The Hall–Kier alpha value is -3.65. The van der Waals surface area contributed by atoms with E-state index in [9.17, 15) is 31.2 Å². The predicted octanol–water partition coefficient (Wildman–Crippen LogP) is 4.86. The van der Waals surface area contributed by atoms with E-state index in [2.05, 4.69) is 10.3 Å². The Kier molecular flexibility index (Phi) is 11.4. The summed E-state index contributed by atoms with van der Waals surface area (Å²) in [6, 6.07) is 10.1. The number of methoxy groups -OCH3 is 1. The lowest BCUT2D eigenvalue weighted by Crippen LogP contribution is -2.39. The van der Waals surface area contributed by atoms with Crippen LogP contribution < -0.4 is 10.1 Å². The number of amidine groups is 1. The maximum atomic E-state index is 13.4. The number of rotatable bonds is 12. The van der Waals surface area contributed by atoms with Crippen molar-refractivity contribution in [1.29, 1.82) is 0 Å². The number of nitrogens with one attached hydrogen (secondary N) is 1. The Morgan fingerprint density at radius 3 is 2.36 bits per heavy atom. The zero-order chi connectivity index (χ0) is 32.7. The first-order valence-electron chi connectivity index (χ1n) is 14.1. The number of unbranched alkanes of at least 4 members (excludes halogenated alkanes) is 1. The largest absolute Gasteiger partial charge is 0.497 e. The number of hydrogen-bond acceptors (Lipinski definition) is 8. The van der Waals surface area contributed by atoms with Gasteiger partial charge in [-0.3, -0.25) is 14.7 Å². The number of sulfone groups is 1.